The predicted molar refractivity (Wildman–Crippen MR) is 75.7 cm³/mol. The number of aromatic nitrogens is 1. The van der Waals surface area contributed by atoms with Crippen molar-refractivity contribution in [2.45, 2.75) is 31.8 Å². The maximum atomic E-state index is 11.4. The molecule has 22 heavy (non-hydrogen) atoms. The van der Waals surface area contributed by atoms with E-state index in [-0.39, 0.29) is 18.4 Å². The van der Waals surface area contributed by atoms with Gasteiger partial charge in [-0.1, -0.05) is 0 Å². The van der Waals surface area contributed by atoms with Crippen LogP contribution in [0.15, 0.2) is 18.3 Å². The van der Waals surface area contributed by atoms with E-state index >= 15 is 0 Å². The maximum Gasteiger partial charge on any atom is 0.311 e. The van der Waals surface area contributed by atoms with Crippen LogP contribution in [0.5, 0.6) is 5.88 Å². The lowest BCUT2D eigenvalue weighted by atomic mass is 9.73. The Labute approximate surface area is 127 Å². The molecule has 1 saturated carbocycles. The number of hydrogen-bond donors (Lipinski definition) is 1. The average Bonchev–Trinajstić information content (AvgIpc) is 2.50. The number of ether oxygens (including phenoxy) is 2. The van der Waals surface area contributed by atoms with Crippen molar-refractivity contribution in [2.24, 2.45) is 5.41 Å². The van der Waals surface area contributed by atoms with Crippen molar-refractivity contribution in [3.8, 4) is 5.88 Å². The van der Waals surface area contributed by atoms with Gasteiger partial charge in [0.25, 0.3) is 5.69 Å². The monoisotopic (exact) mass is 310 g/mol. The molecule has 2 rings (SSSR count). The van der Waals surface area contributed by atoms with E-state index < -0.39 is 16.3 Å². The van der Waals surface area contributed by atoms with Gasteiger partial charge >= 0.3 is 5.97 Å². The molecule has 1 aromatic heterocycles. The van der Waals surface area contributed by atoms with Gasteiger partial charge in [0.05, 0.1) is 16.9 Å². The normalized spacial score (nSPS) is 24.7. The van der Waals surface area contributed by atoms with E-state index in [1.807, 2.05) is 0 Å². The zero-order chi connectivity index (χ0) is 16.2. The fourth-order valence-electron chi connectivity index (χ4n) is 2.68. The third-order valence-electron chi connectivity index (χ3n) is 3.98. The number of hydrogen-bond acceptors (Lipinski definition) is 6. The topological polar surface area (TPSA) is 112 Å². The van der Waals surface area contributed by atoms with Gasteiger partial charge in [0, 0.05) is 19.2 Å². The van der Waals surface area contributed by atoms with Crippen LogP contribution >= 0.6 is 0 Å². The predicted octanol–water partition coefficient (Wildman–Crippen LogP) is 2.03. The number of carboxylic acid groups (broad SMARTS) is 1. The van der Waals surface area contributed by atoms with E-state index in [9.17, 15) is 20.0 Å². The molecule has 8 heteroatoms. The molecule has 0 atom stereocenters. The molecule has 0 bridgehead atoms. The SMILES string of the molecule is COCC1(C(=O)O)CCC(Oc2ccc([N+](=O)[O-])cn2)CC1. The van der Waals surface area contributed by atoms with Gasteiger partial charge in [0.2, 0.25) is 5.88 Å². The molecule has 8 nitrogen and oxygen atoms in total. The highest BCUT2D eigenvalue weighted by Gasteiger charge is 2.42. The van der Waals surface area contributed by atoms with Crippen LogP contribution in [0, 0.1) is 15.5 Å². The van der Waals surface area contributed by atoms with E-state index in [0.29, 0.717) is 31.6 Å². The first-order valence-electron chi connectivity index (χ1n) is 6.96. The number of rotatable bonds is 6. The molecular weight excluding hydrogens is 292 g/mol. The van der Waals surface area contributed by atoms with Crippen LogP contribution in [-0.4, -0.2) is 40.8 Å². The number of pyridine rings is 1. The molecule has 120 valence electrons. The van der Waals surface area contributed by atoms with Gasteiger partial charge in [-0.2, -0.15) is 0 Å². The molecule has 0 radical (unpaired) electrons. The summed E-state index contributed by atoms with van der Waals surface area (Å²) < 4.78 is 10.7. The Morgan fingerprint density at radius 1 is 1.50 bits per heavy atom. The van der Waals surface area contributed by atoms with Crippen molar-refractivity contribution < 1.29 is 24.3 Å². The maximum absolute atomic E-state index is 11.4. The van der Waals surface area contributed by atoms with Gasteiger partial charge in [-0.15, -0.1) is 0 Å². The number of methoxy groups -OCH3 is 1. The second kappa shape index (κ2) is 6.69. The van der Waals surface area contributed by atoms with E-state index in [1.165, 1.54) is 19.2 Å². The second-order valence-corrected chi connectivity index (χ2v) is 5.45. The van der Waals surface area contributed by atoms with E-state index in [1.54, 1.807) is 0 Å². The van der Waals surface area contributed by atoms with Crippen molar-refractivity contribution in [1.82, 2.24) is 4.98 Å². The first-order chi connectivity index (χ1) is 10.5. The van der Waals surface area contributed by atoms with Gasteiger partial charge < -0.3 is 14.6 Å². The van der Waals surface area contributed by atoms with Crippen LogP contribution in [0.4, 0.5) is 5.69 Å². The van der Waals surface area contributed by atoms with Crippen molar-refractivity contribution in [3.63, 3.8) is 0 Å². The fourth-order valence-corrected chi connectivity index (χ4v) is 2.68. The third-order valence-corrected chi connectivity index (χ3v) is 3.98. The first-order valence-corrected chi connectivity index (χ1v) is 6.96. The smallest absolute Gasteiger partial charge is 0.311 e. The van der Waals surface area contributed by atoms with E-state index in [4.69, 9.17) is 9.47 Å². The van der Waals surface area contributed by atoms with Gasteiger partial charge in [0.1, 0.15) is 12.3 Å². The Balaban J connectivity index is 1.94. The highest BCUT2D eigenvalue weighted by atomic mass is 16.6. The molecule has 1 N–H and O–H groups in total. The third kappa shape index (κ3) is 3.51. The first kappa shape index (κ1) is 16.2. The van der Waals surface area contributed by atoms with Crippen molar-refractivity contribution in [3.05, 3.63) is 28.4 Å². The molecule has 1 aromatic rings. The van der Waals surface area contributed by atoms with E-state index in [2.05, 4.69) is 4.98 Å². The molecule has 0 aliphatic heterocycles. The molecule has 0 spiro atoms. The number of carbonyl (C=O) groups is 1. The van der Waals surface area contributed by atoms with Crippen molar-refractivity contribution >= 4 is 11.7 Å². The molecular formula is C14H18N2O6. The minimum Gasteiger partial charge on any atom is -0.481 e. The lowest BCUT2D eigenvalue weighted by molar-refractivity contribution is -0.385. The lowest BCUT2D eigenvalue weighted by Crippen LogP contribution is -2.41. The minimum absolute atomic E-state index is 0.0963. The van der Waals surface area contributed by atoms with Crippen LogP contribution in [0.25, 0.3) is 0 Å². The van der Waals surface area contributed by atoms with Crippen LogP contribution in [0.1, 0.15) is 25.7 Å². The Morgan fingerprint density at radius 2 is 2.18 bits per heavy atom. The molecule has 0 amide bonds. The number of carboxylic acids is 1. The molecule has 0 unspecified atom stereocenters. The highest BCUT2D eigenvalue weighted by molar-refractivity contribution is 5.75. The summed E-state index contributed by atoms with van der Waals surface area (Å²) >= 11 is 0. The standard InChI is InChI=1S/C14H18N2O6/c1-21-9-14(13(17)18)6-4-11(5-7-14)22-12-3-2-10(8-15-12)16(19)20/h2-3,8,11H,4-7,9H2,1H3,(H,17,18). The molecule has 0 saturated heterocycles. The van der Waals surface area contributed by atoms with Gasteiger partial charge in [-0.05, 0) is 25.7 Å². The molecule has 1 aliphatic carbocycles. The zero-order valence-electron chi connectivity index (χ0n) is 12.2. The van der Waals surface area contributed by atoms with Crippen LogP contribution in [0.2, 0.25) is 0 Å². The Bertz CT molecular complexity index is 537. The Hall–Kier alpha value is -2.22. The Kier molecular flexibility index (Phi) is 4.92. The molecule has 1 aliphatic rings. The summed E-state index contributed by atoms with van der Waals surface area (Å²) in [4.78, 5) is 25.4. The number of nitrogens with zero attached hydrogens (tertiary/aromatic N) is 2. The summed E-state index contributed by atoms with van der Waals surface area (Å²) in [5.41, 5.74) is -0.946. The molecule has 1 heterocycles. The number of nitro groups is 1. The zero-order valence-corrected chi connectivity index (χ0v) is 12.2. The van der Waals surface area contributed by atoms with Crippen LogP contribution < -0.4 is 4.74 Å². The largest absolute Gasteiger partial charge is 0.481 e. The van der Waals surface area contributed by atoms with Gasteiger partial charge in [-0.3, -0.25) is 14.9 Å². The summed E-state index contributed by atoms with van der Waals surface area (Å²) in [5, 5.41) is 19.9. The average molecular weight is 310 g/mol. The fraction of sp³-hybridized carbons (Fsp3) is 0.571. The van der Waals surface area contributed by atoms with Crippen LogP contribution in [-0.2, 0) is 9.53 Å². The number of aliphatic carboxylic acids is 1. The molecule has 0 aromatic carbocycles. The minimum atomic E-state index is -0.850. The quantitative estimate of drug-likeness (QED) is 0.632. The molecule has 1 fully saturated rings. The van der Waals surface area contributed by atoms with Crippen LogP contribution in [0.3, 0.4) is 0 Å². The summed E-state index contributed by atoms with van der Waals surface area (Å²) in [6.45, 7) is 0.185. The lowest BCUT2D eigenvalue weighted by Gasteiger charge is -2.36. The highest BCUT2D eigenvalue weighted by Crippen LogP contribution is 2.38. The van der Waals surface area contributed by atoms with E-state index in [0.717, 1.165) is 6.20 Å². The van der Waals surface area contributed by atoms with Crippen molar-refractivity contribution in [1.29, 1.82) is 0 Å². The van der Waals surface area contributed by atoms with Gasteiger partial charge in [-0.25, -0.2) is 4.98 Å². The van der Waals surface area contributed by atoms with Gasteiger partial charge in [0.15, 0.2) is 0 Å². The second-order valence-electron chi connectivity index (χ2n) is 5.45. The summed E-state index contributed by atoms with van der Waals surface area (Å²) in [5.74, 6) is -0.536. The summed E-state index contributed by atoms with van der Waals surface area (Å²) in [6.07, 6.45) is 3.09. The van der Waals surface area contributed by atoms with Crippen molar-refractivity contribution in [2.75, 3.05) is 13.7 Å². The summed E-state index contributed by atoms with van der Waals surface area (Å²) in [6, 6.07) is 2.78. The summed E-state index contributed by atoms with van der Waals surface area (Å²) in [7, 11) is 1.49. The Morgan fingerprint density at radius 3 is 2.64 bits per heavy atom.